The van der Waals surface area contributed by atoms with Crippen molar-refractivity contribution in [3.63, 3.8) is 0 Å². The van der Waals surface area contributed by atoms with E-state index in [0.717, 1.165) is 32.0 Å². The molecular formula is C18H31N5O2. The number of aliphatic hydroxyl groups is 1. The van der Waals surface area contributed by atoms with Crippen molar-refractivity contribution >= 4 is 5.91 Å². The fourth-order valence-electron chi connectivity index (χ4n) is 4.14. The number of carbonyl (C=O) groups excluding carboxylic acids is 1. The molecule has 0 bridgehead atoms. The van der Waals surface area contributed by atoms with Crippen LogP contribution in [0, 0.1) is 0 Å². The van der Waals surface area contributed by atoms with Crippen LogP contribution < -0.4 is 0 Å². The first kappa shape index (κ1) is 18.3. The van der Waals surface area contributed by atoms with Gasteiger partial charge in [0.05, 0.1) is 18.8 Å². The second kappa shape index (κ2) is 8.76. The molecule has 140 valence electrons. The molecule has 0 unspecified atom stereocenters. The third kappa shape index (κ3) is 4.58. The zero-order valence-electron chi connectivity index (χ0n) is 15.3. The Morgan fingerprint density at radius 2 is 1.84 bits per heavy atom. The number of likely N-dealkylation sites (N-methyl/N-ethyl adjacent to an activating group) is 1. The lowest BCUT2D eigenvalue weighted by Gasteiger charge is -2.37. The van der Waals surface area contributed by atoms with Crippen LogP contribution in [-0.2, 0) is 0 Å². The van der Waals surface area contributed by atoms with Crippen molar-refractivity contribution in [2.45, 2.75) is 63.5 Å². The molecule has 0 radical (unpaired) electrons. The van der Waals surface area contributed by atoms with Gasteiger partial charge in [0.25, 0.3) is 5.91 Å². The SMILES string of the molecule is CN(CCO)C(=O)c1cn(C2CCN(C3CCCCCC3)CC2)nn1. The summed E-state index contributed by atoms with van der Waals surface area (Å²) in [5.41, 5.74) is 0.363. The molecular weight excluding hydrogens is 318 g/mol. The zero-order chi connectivity index (χ0) is 17.6. The van der Waals surface area contributed by atoms with Gasteiger partial charge in [0.2, 0.25) is 0 Å². The van der Waals surface area contributed by atoms with Crippen LogP contribution in [0.1, 0.15) is 67.9 Å². The molecule has 1 N–H and O–H groups in total. The number of amides is 1. The lowest BCUT2D eigenvalue weighted by Crippen LogP contribution is -2.41. The molecule has 2 heterocycles. The zero-order valence-corrected chi connectivity index (χ0v) is 15.3. The van der Waals surface area contributed by atoms with E-state index in [-0.39, 0.29) is 12.5 Å². The quantitative estimate of drug-likeness (QED) is 0.819. The van der Waals surface area contributed by atoms with Crippen molar-refractivity contribution < 1.29 is 9.90 Å². The van der Waals surface area contributed by atoms with Crippen LogP contribution in [0.5, 0.6) is 0 Å². The van der Waals surface area contributed by atoms with Crippen molar-refractivity contribution in [1.82, 2.24) is 24.8 Å². The first-order chi connectivity index (χ1) is 12.2. The predicted octanol–water partition coefficient (Wildman–Crippen LogP) is 1.70. The molecule has 3 rings (SSSR count). The fraction of sp³-hybridized carbons (Fsp3) is 0.833. The molecule has 0 aromatic carbocycles. The van der Waals surface area contributed by atoms with Gasteiger partial charge in [-0.15, -0.1) is 5.10 Å². The Labute approximate surface area is 150 Å². The molecule has 1 aliphatic heterocycles. The van der Waals surface area contributed by atoms with Crippen molar-refractivity contribution in [3.05, 3.63) is 11.9 Å². The third-order valence-corrected chi connectivity index (χ3v) is 5.73. The summed E-state index contributed by atoms with van der Waals surface area (Å²) in [4.78, 5) is 16.4. The Hall–Kier alpha value is -1.47. The molecule has 2 fully saturated rings. The number of hydrogen-bond donors (Lipinski definition) is 1. The van der Waals surface area contributed by atoms with Crippen molar-refractivity contribution in [1.29, 1.82) is 0 Å². The van der Waals surface area contributed by atoms with Gasteiger partial charge >= 0.3 is 0 Å². The van der Waals surface area contributed by atoms with E-state index < -0.39 is 0 Å². The summed E-state index contributed by atoms with van der Waals surface area (Å²) in [6.45, 7) is 2.49. The Bertz CT molecular complexity index is 545. The molecule has 1 aliphatic carbocycles. The highest BCUT2D eigenvalue weighted by Gasteiger charge is 2.27. The summed E-state index contributed by atoms with van der Waals surface area (Å²) in [6, 6.07) is 1.10. The summed E-state index contributed by atoms with van der Waals surface area (Å²) in [7, 11) is 1.67. The second-order valence-corrected chi connectivity index (χ2v) is 7.45. The minimum absolute atomic E-state index is 0.0456. The number of hydrogen-bond acceptors (Lipinski definition) is 5. The number of likely N-dealkylation sites (tertiary alicyclic amines) is 1. The van der Waals surface area contributed by atoms with E-state index in [1.54, 1.807) is 13.2 Å². The van der Waals surface area contributed by atoms with Gasteiger partial charge in [-0.3, -0.25) is 4.79 Å². The largest absolute Gasteiger partial charge is 0.395 e. The van der Waals surface area contributed by atoms with Crippen molar-refractivity contribution in [3.8, 4) is 0 Å². The van der Waals surface area contributed by atoms with Crippen LogP contribution in [-0.4, -0.2) is 75.1 Å². The van der Waals surface area contributed by atoms with E-state index >= 15 is 0 Å². The summed E-state index contributed by atoms with van der Waals surface area (Å²) in [5, 5.41) is 17.2. The lowest BCUT2D eigenvalue weighted by atomic mass is 10.00. The summed E-state index contributed by atoms with van der Waals surface area (Å²) >= 11 is 0. The molecule has 1 aromatic heterocycles. The van der Waals surface area contributed by atoms with Crippen LogP contribution in [0.2, 0.25) is 0 Å². The van der Waals surface area contributed by atoms with Gasteiger partial charge in [0, 0.05) is 32.7 Å². The van der Waals surface area contributed by atoms with Crippen LogP contribution in [0.4, 0.5) is 0 Å². The van der Waals surface area contributed by atoms with E-state index in [2.05, 4.69) is 15.2 Å². The standard InChI is InChI=1S/C18H31N5O2/c1-21(12-13-24)18(25)17-14-23(20-19-17)16-8-10-22(11-9-16)15-6-4-2-3-5-7-15/h14-16,24H,2-13H2,1H3. The van der Waals surface area contributed by atoms with E-state index in [4.69, 9.17) is 5.11 Å². The second-order valence-electron chi connectivity index (χ2n) is 7.45. The number of carbonyl (C=O) groups is 1. The fourth-order valence-corrected chi connectivity index (χ4v) is 4.14. The summed E-state index contributed by atoms with van der Waals surface area (Å²) in [5.74, 6) is -0.184. The van der Waals surface area contributed by atoms with Crippen LogP contribution >= 0.6 is 0 Å². The first-order valence-electron chi connectivity index (χ1n) is 9.71. The minimum Gasteiger partial charge on any atom is -0.395 e. The molecule has 1 saturated carbocycles. The van der Waals surface area contributed by atoms with E-state index in [1.807, 2.05) is 4.68 Å². The van der Waals surface area contributed by atoms with Gasteiger partial charge in [-0.1, -0.05) is 30.9 Å². The van der Waals surface area contributed by atoms with Crippen molar-refractivity contribution in [2.24, 2.45) is 0 Å². The molecule has 1 saturated heterocycles. The van der Waals surface area contributed by atoms with E-state index in [9.17, 15) is 4.79 Å². The summed E-state index contributed by atoms with van der Waals surface area (Å²) in [6.07, 6.45) is 12.2. The summed E-state index contributed by atoms with van der Waals surface area (Å²) < 4.78 is 1.87. The van der Waals surface area contributed by atoms with Gasteiger partial charge in [-0.05, 0) is 25.7 Å². The average Bonchev–Trinajstić information content (AvgIpc) is 2.97. The van der Waals surface area contributed by atoms with E-state index in [0.29, 0.717) is 18.3 Å². The molecule has 0 atom stereocenters. The first-order valence-corrected chi connectivity index (χ1v) is 9.71. The Morgan fingerprint density at radius 3 is 2.48 bits per heavy atom. The van der Waals surface area contributed by atoms with Crippen LogP contribution in [0.3, 0.4) is 0 Å². The van der Waals surface area contributed by atoms with E-state index in [1.165, 1.54) is 43.4 Å². The number of aromatic nitrogens is 3. The maximum atomic E-state index is 12.2. The highest BCUT2D eigenvalue weighted by Crippen LogP contribution is 2.28. The monoisotopic (exact) mass is 349 g/mol. The van der Waals surface area contributed by atoms with Crippen LogP contribution in [0.15, 0.2) is 6.20 Å². The Morgan fingerprint density at radius 1 is 1.16 bits per heavy atom. The number of nitrogens with zero attached hydrogens (tertiary/aromatic N) is 5. The normalized spacial score (nSPS) is 21.2. The third-order valence-electron chi connectivity index (χ3n) is 5.73. The molecule has 0 spiro atoms. The topological polar surface area (TPSA) is 74.5 Å². The molecule has 7 heteroatoms. The van der Waals surface area contributed by atoms with Gasteiger partial charge in [0.15, 0.2) is 5.69 Å². The molecule has 2 aliphatic rings. The number of rotatable bonds is 5. The smallest absolute Gasteiger partial charge is 0.275 e. The minimum atomic E-state index is -0.184. The van der Waals surface area contributed by atoms with Gasteiger partial charge in [-0.2, -0.15) is 0 Å². The van der Waals surface area contributed by atoms with Crippen molar-refractivity contribution in [2.75, 3.05) is 33.3 Å². The molecule has 1 aromatic rings. The van der Waals surface area contributed by atoms with Gasteiger partial charge in [-0.25, -0.2) is 4.68 Å². The maximum Gasteiger partial charge on any atom is 0.275 e. The lowest BCUT2D eigenvalue weighted by molar-refractivity contribution is 0.0761. The Kier molecular flexibility index (Phi) is 6.42. The van der Waals surface area contributed by atoms with Crippen LogP contribution in [0.25, 0.3) is 0 Å². The highest BCUT2D eigenvalue weighted by atomic mass is 16.3. The molecule has 1 amide bonds. The molecule has 25 heavy (non-hydrogen) atoms. The van der Waals surface area contributed by atoms with Gasteiger partial charge < -0.3 is 14.9 Å². The average molecular weight is 349 g/mol. The Balaban J connectivity index is 1.53. The predicted molar refractivity (Wildman–Crippen MR) is 95.4 cm³/mol. The number of aliphatic hydroxyl groups excluding tert-OH is 1. The van der Waals surface area contributed by atoms with Gasteiger partial charge in [0.1, 0.15) is 0 Å². The highest BCUT2D eigenvalue weighted by molar-refractivity contribution is 5.91. The maximum absolute atomic E-state index is 12.2. The number of piperidine rings is 1. The molecule has 7 nitrogen and oxygen atoms in total.